The van der Waals surface area contributed by atoms with Crippen LogP contribution in [-0.4, -0.2) is 28.7 Å². The summed E-state index contributed by atoms with van der Waals surface area (Å²) in [6.07, 6.45) is 1.67. The van der Waals surface area contributed by atoms with Crippen molar-refractivity contribution in [3.05, 3.63) is 33.9 Å². The fourth-order valence-corrected chi connectivity index (χ4v) is 2.48. The molecule has 1 unspecified atom stereocenters. The molecular weight excluding hydrogens is 232 g/mol. The van der Waals surface area contributed by atoms with Gasteiger partial charge in [-0.05, 0) is 32.3 Å². The van der Waals surface area contributed by atoms with Crippen LogP contribution in [0.5, 0.6) is 0 Å². The molecule has 1 aromatic carbocycles. The molecule has 0 bridgehead atoms. The lowest BCUT2D eigenvalue weighted by molar-refractivity contribution is -0.384. The predicted octanol–water partition coefficient (Wildman–Crippen LogP) is 2.25. The number of hydrogen-bond acceptors (Lipinski definition) is 4. The molecule has 98 valence electrons. The van der Waals surface area contributed by atoms with Crippen molar-refractivity contribution in [1.29, 1.82) is 0 Å². The van der Waals surface area contributed by atoms with Crippen LogP contribution in [0.15, 0.2) is 18.2 Å². The van der Waals surface area contributed by atoms with Crippen molar-refractivity contribution in [2.75, 3.05) is 18.0 Å². The Morgan fingerprint density at radius 2 is 2.22 bits per heavy atom. The molecule has 0 radical (unpaired) electrons. The number of anilines is 1. The molecule has 1 aromatic rings. The lowest BCUT2D eigenvalue weighted by Crippen LogP contribution is -2.46. The van der Waals surface area contributed by atoms with Crippen molar-refractivity contribution in [2.24, 2.45) is 0 Å². The van der Waals surface area contributed by atoms with Gasteiger partial charge in [-0.25, -0.2) is 0 Å². The van der Waals surface area contributed by atoms with Gasteiger partial charge in [0, 0.05) is 30.9 Å². The molecule has 0 aromatic heterocycles. The number of hydrogen-bond donors (Lipinski definition) is 1. The van der Waals surface area contributed by atoms with E-state index >= 15 is 0 Å². The maximum absolute atomic E-state index is 10.8. The minimum Gasteiger partial charge on any atom is -0.388 e. The first kappa shape index (κ1) is 12.8. The lowest BCUT2D eigenvalue weighted by Gasteiger charge is -2.38. The summed E-state index contributed by atoms with van der Waals surface area (Å²) < 4.78 is 0. The van der Waals surface area contributed by atoms with E-state index in [0.717, 1.165) is 30.6 Å². The van der Waals surface area contributed by atoms with Crippen molar-refractivity contribution in [1.82, 2.24) is 0 Å². The first-order chi connectivity index (χ1) is 8.39. The molecule has 5 nitrogen and oxygen atoms in total. The molecule has 18 heavy (non-hydrogen) atoms. The number of nitrogens with zero attached hydrogens (tertiary/aromatic N) is 2. The van der Waals surface area contributed by atoms with E-state index < -0.39 is 5.60 Å². The van der Waals surface area contributed by atoms with E-state index in [-0.39, 0.29) is 10.6 Å². The van der Waals surface area contributed by atoms with Gasteiger partial charge in [-0.2, -0.15) is 0 Å². The molecule has 1 heterocycles. The van der Waals surface area contributed by atoms with Crippen LogP contribution in [0.25, 0.3) is 0 Å². The quantitative estimate of drug-likeness (QED) is 0.645. The summed E-state index contributed by atoms with van der Waals surface area (Å²) in [5, 5.41) is 20.9. The van der Waals surface area contributed by atoms with Crippen molar-refractivity contribution in [3.8, 4) is 0 Å². The molecule has 1 aliphatic rings. The number of benzene rings is 1. The minimum absolute atomic E-state index is 0.0980. The Bertz CT molecular complexity index is 471. The molecule has 0 saturated carbocycles. The Kier molecular flexibility index (Phi) is 3.26. The molecular formula is C13H18N2O3. The van der Waals surface area contributed by atoms with Crippen LogP contribution in [0.1, 0.15) is 25.3 Å². The molecule has 1 aliphatic heterocycles. The second-order valence-corrected chi connectivity index (χ2v) is 5.25. The Labute approximate surface area is 106 Å². The molecule has 0 spiro atoms. The number of rotatable bonds is 2. The average molecular weight is 250 g/mol. The monoisotopic (exact) mass is 250 g/mol. The van der Waals surface area contributed by atoms with Crippen LogP contribution >= 0.6 is 0 Å². The Morgan fingerprint density at radius 1 is 1.50 bits per heavy atom. The van der Waals surface area contributed by atoms with Crippen LogP contribution < -0.4 is 4.90 Å². The van der Waals surface area contributed by atoms with Crippen molar-refractivity contribution >= 4 is 11.4 Å². The average Bonchev–Trinajstić information content (AvgIpc) is 2.27. The summed E-state index contributed by atoms with van der Waals surface area (Å²) in [7, 11) is 0. The number of piperidine rings is 1. The van der Waals surface area contributed by atoms with E-state index in [4.69, 9.17) is 0 Å². The summed E-state index contributed by atoms with van der Waals surface area (Å²) in [5.74, 6) is 0. The summed E-state index contributed by atoms with van der Waals surface area (Å²) in [6.45, 7) is 5.10. The predicted molar refractivity (Wildman–Crippen MR) is 69.9 cm³/mol. The van der Waals surface area contributed by atoms with E-state index in [2.05, 4.69) is 0 Å². The maximum Gasteiger partial charge on any atom is 0.271 e. The highest BCUT2D eigenvalue weighted by Crippen LogP contribution is 2.30. The zero-order chi connectivity index (χ0) is 13.3. The van der Waals surface area contributed by atoms with Crippen molar-refractivity contribution in [2.45, 2.75) is 32.3 Å². The molecule has 5 heteroatoms. The van der Waals surface area contributed by atoms with Gasteiger partial charge >= 0.3 is 0 Å². The first-order valence-corrected chi connectivity index (χ1v) is 6.11. The van der Waals surface area contributed by atoms with Gasteiger partial charge in [-0.15, -0.1) is 0 Å². The van der Waals surface area contributed by atoms with Gasteiger partial charge in [0.05, 0.1) is 10.5 Å². The molecule has 0 aliphatic carbocycles. The van der Waals surface area contributed by atoms with Gasteiger partial charge in [0.2, 0.25) is 0 Å². The standard InChI is InChI=1S/C13H18N2O3/c1-10-4-5-11(15(17)18)8-12(10)14-7-3-6-13(2,16)9-14/h4-5,8,16H,3,6-7,9H2,1-2H3. The molecule has 1 atom stereocenters. The van der Waals surface area contributed by atoms with Gasteiger partial charge in [-0.1, -0.05) is 6.07 Å². The van der Waals surface area contributed by atoms with Crippen LogP contribution in [-0.2, 0) is 0 Å². The van der Waals surface area contributed by atoms with Crippen LogP contribution in [0.4, 0.5) is 11.4 Å². The van der Waals surface area contributed by atoms with Gasteiger partial charge in [0.25, 0.3) is 5.69 Å². The highest BCUT2D eigenvalue weighted by atomic mass is 16.6. The molecule has 1 fully saturated rings. The fraction of sp³-hybridized carbons (Fsp3) is 0.538. The number of aliphatic hydroxyl groups is 1. The van der Waals surface area contributed by atoms with Gasteiger partial charge in [0.15, 0.2) is 0 Å². The topological polar surface area (TPSA) is 66.6 Å². The van der Waals surface area contributed by atoms with Gasteiger partial charge in [0.1, 0.15) is 0 Å². The summed E-state index contributed by atoms with van der Waals surface area (Å²) in [6, 6.07) is 4.87. The van der Waals surface area contributed by atoms with Crippen LogP contribution in [0.2, 0.25) is 0 Å². The molecule has 1 N–H and O–H groups in total. The first-order valence-electron chi connectivity index (χ1n) is 6.11. The van der Waals surface area contributed by atoms with E-state index in [9.17, 15) is 15.2 Å². The third-order valence-corrected chi connectivity index (χ3v) is 3.42. The Hall–Kier alpha value is -1.62. The second-order valence-electron chi connectivity index (χ2n) is 5.25. The number of nitro benzene ring substituents is 1. The van der Waals surface area contributed by atoms with E-state index in [0.29, 0.717) is 6.54 Å². The summed E-state index contributed by atoms with van der Waals surface area (Å²) in [4.78, 5) is 12.5. The van der Waals surface area contributed by atoms with Crippen molar-refractivity contribution in [3.63, 3.8) is 0 Å². The fourth-order valence-electron chi connectivity index (χ4n) is 2.48. The normalized spacial score (nSPS) is 24.1. The zero-order valence-electron chi connectivity index (χ0n) is 10.7. The van der Waals surface area contributed by atoms with E-state index in [1.54, 1.807) is 12.1 Å². The number of β-amino-alcohol motifs (C(OH)–C–C–N with tert-alkyl or cyclic N) is 1. The lowest BCUT2D eigenvalue weighted by atomic mass is 9.94. The minimum atomic E-state index is -0.713. The third kappa shape index (κ3) is 2.61. The van der Waals surface area contributed by atoms with E-state index in [1.165, 1.54) is 6.07 Å². The highest BCUT2D eigenvalue weighted by Gasteiger charge is 2.29. The Morgan fingerprint density at radius 3 is 2.83 bits per heavy atom. The summed E-state index contributed by atoms with van der Waals surface area (Å²) >= 11 is 0. The molecule has 0 amide bonds. The largest absolute Gasteiger partial charge is 0.388 e. The maximum atomic E-state index is 10.8. The number of non-ortho nitro benzene ring substituents is 1. The second kappa shape index (κ2) is 4.57. The van der Waals surface area contributed by atoms with Crippen LogP contribution in [0.3, 0.4) is 0 Å². The van der Waals surface area contributed by atoms with Crippen LogP contribution in [0, 0.1) is 17.0 Å². The third-order valence-electron chi connectivity index (χ3n) is 3.42. The zero-order valence-corrected chi connectivity index (χ0v) is 10.7. The smallest absolute Gasteiger partial charge is 0.271 e. The number of aryl methyl sites for hydroxylation is 1. The number of nitro groups is 1. The molecule has 1 saturated heterocycles. The summed E-state index contributed by atoms with van der Waals surface area (Å²) in [5.41, 5.74) is 1.23. The van der Waals surface area contributed by atoms with Crippen molar-refractivity contribution < 1.29 is 10.0 Å². The highest BCUT2D eigenvalue weighted by molar-refractivity contribution is 5.59. The Balaban J connectivity index is 2.32. The SMILES string of the molecule is Cc1ccc([N+](=O)[O-])cc1N1CCCC(C)(O)C1. The van der Waals surface area contributed by atoms with E-state index in [1.807, 2.05) is 18.7 Å². The van der Waals surface area contributed by atoms with Gasteiger partial charge in [-0.3, -0.25) is 10.1 Å². The molecule has 2 rings (SSSR count). The van der Waals surface area contributed by atoms with Gasteiger partial charge < -0.3 is 10.0 Å².